The minimum absolute atomic E-state index is 0.00250. The van der Waals surface area contributed by atoms with E-state index in [1.807, 2.05) is 50.2 Å². The van der Waals surface area contributed by atoms with Crippen LogP contribution in [0.1, 0.15) is 84.4 Å². The van der Waals surface area contributed by atoms with Crippen molar-refractivity contribution in [3.05, 3.63) is 110 Å². The lowest BCUT2D eigenvalue weighted by Gasteiger charge is -2.31. The molecular formula is C42H46Cl4N4O3S. The van der Waals surface area contributed by atoms with E-state index in [-0.39, 0.29) is 38.4 Å². The molecule has 2 amide bonds. The first-order valence-electron chi connectivity index (χ1n) is 18.0. The largest absolute Gasteiger partial charge is 0.480 e. The number of nitrogens with zero attached hydrogens (tertiary/aromatic N) is 2. The number of hydrogen-bond acceptors (Lipinski definition) is 5. The van der Waals surface area contributed by atoms with Crippen molar-refractivity contribution in [2.75, 3.05) is 10.3 Å². The van der Waals surface area contributed by atoms with Gasteiger partial charge in [-0.05, 0) is 90.6 Å². The molecule has 1 aliphatic heterocycles. The van der Waals surface area contributed by atoms with Gasteiger partial charge in [-0.2, -0.15) is 0 Å². The number of carbonyl (C=O) groups is 2. The Balaban J connectivity index is 1.47. The molecule has 0 aromatic heterocycles. The first-order chi connectivity index (χ1) is 25.5. The molecule has 5 rings (SSSR count). The number of amides is 2. The summed E-state index contributed by atoms with van der Waals surface area (Å²) in [5, 5.41) is 4.56. The molecule has 2 unspecified atom stereocenters. The van der Waals surface area contributed by atoms with E-state index in [4.69, 9.17) is 56.1 Å². The van der Waals surface area contributed by atoms with Gasteiger partial charge in [0, 0.05) is 15.5 Å². The molecule has 2 atom stereocenters. The number of amidine groups is 1. The molecule has 0 radical (unpaired) electrons. The smallest absolute Gasteiger partial charge is 0.267 e. The Morgan fingerprint density at radius 1 is 0.907 bits per heavy atom. The molecule has 7 nitrogen and oxygen atoms in total. The summed E-state index contributed by atoms with van der Waals surface area (Å²) in [7, 11) is 0. The van der Waals surface area contributed by atoms with Crippen LogP contribution in [0, 0.1) is 6.92 Å². The van der Waals surface area contributed by atoms with E-state index in [0.29, 0.717) is 44.3 Å². The van der Waals surface area contributed by atoms with Gasteiger partial charge in [0.1, 0.15) is 22.5 Å². The highest BCUT2D eigenvalue weighted by molar-refractivity contribution is 8.01. The van der Waals surface area contributed by atoms with Gasteiger partial charge in [0.25, 0.3) is 11.8 Å². The normalized spacial score (nSPS) is 16.1. The summed E-state index contributed by atoms with van der Waals surface area (Å²) >= 11 is 27.1. The first kappa shape index (κ1) is 41.8. The lowest BCUT2D eigenvalue weighted by molar-refractivity contribution is -0.123. The Hall–Kier alpha value is -3.40. The summed E-state index contributed by atoms with van der Waals surface area (Å²) in [4.78, 5) is 33.7. The molecule has 1 aliphatic rings. The maximum atomic E-state index is 14.3. The van der Waals surface area contributed by atoms with Crippen molar-refractivity contribution >= 4 is 92.9 Å². The standard InChI is InChI=1S/C42H46Cl4N4O3S/c1-9-33(53-34-19-17-25(41(5,6)10-2)21-27(34)42(7,8)11-3)39(51)48-31-14-12-13-15-35(31)54-37-38(47-32-20-24(4)16-18-28(32)44)49-50(40(37)52)36-29(45)22-26(43)23-30(36)46/h12-23,33,37H,9-11H2,1-8H3,(H,47,49)(H,48,51). The van der Waals surface area contributed by atoms with E-state index >= 15 is 0 Å². The van der Waals surface area contributed by atoms with Gasteiger partial charge in [0.05, 0.1) is 26.4 Å². The monoisotopic (exact) mass is 826 g/mol. The minimum Gasteiger partial charge on any atom is -0.480 e. The van der Waals surface area contributed by atoms with Crippen molar-refractivity contribution < 1.29 is 14.3 Å². The van der Waals surface area contributed by atoms with Crippen molar-refractivity contribution in [1.82, 2.24) is 5.43 Å². The van der Waals surface area contributed by atoms with E-state index in [2.05, 4.69) is 64.4 Å². The van der Waals surface area contributed by atoms with Crippen molar-refractivity contribution in [1.29, 1.82) is 0 Å². The van der Waals surface area contributed by atoms with E-state index in [1.165, 1.54) is 34.5 Å². The van der Waals surface area contributed by atoms with E-state index in [1.54, 1.807) is 12.1 Å². The van der Waals surface area contributed by atoms with Crippen LogP contribution in [0.4, 0.5) is 17.1 Å². The number of para-hydroxylation sites is 1. The number of halogens is 4. The quantitative estimate of drug-likeness (QED) is 0.140. The van der Waals surface area contributed by atoms with Crippen LogP contribution in [0.5, 0.6) is 5.75 Å². The molecule has 4 aromatic rings. The molecule has 4 aromatic carbocycles. The molecule has 1 heterocycles. The van der Waals surface area contributed by atoms with Gasteiger partial charge >= 0.3 is 0 Å². The van der Waals surface area contributed by atoms with Crippen LogP contribution in [0.3, 0.4) is 0 Å². The van der Waals surface area contributed by atoms with Gasteiger partial charge < -0.3 is 10.1 Å². The van der Waals surface area contributed by atoms with Gasteiger partial charge in [0.15, 0.2) is 6.10 Å². The molecule has 0 spiro atoms. The zero-order valence-corrected chi connectivity index (χ0v) is 35.6. The van der Waals surface area contributed by atoms with Gasteiger partial charge in [-0.25, -0.2) is 10.0 Å². The third kappa shape index (κ3) is 9.17. The Bertz CT molecular complexity index is 2060. The predicted octanol–water partition coefficient (Wildman–Crippen LogP) is 12.5. The van der Waals surface area contributed by atoms with Crippen LogP contribution in [0.25, 0.3) is 0 Å². The third-order valence-corrected chi connectivity index (χ3v) is 12.4. The second kappa shape index (κ2) is 17.2. The van der Waals surface area contributed by atoms with Crippen LogP contribution in [0.2, 0.25) is 20.1 Å². The van der Waals surface area contributed by atoms with Crippen LogP contribution in [-0.4, -0.2) is 29.0 Å². The topological polar surface area (TPSA) is 83.0 Å². The minimum atomic E-state index is -0.898. The highest BCUT2D eigenvalue weighted by atomic mass is 35.5. The average molecular weight is 829 g/mol. The van der Waals surface area contributed by atoms with Crippen molar-refractivity contribution in [2.24, 2.45) is 4.99 Å². The molecule has 54 heavy (non-hydrogen) atoms. The number of benzene rings is 4. The summed E-state index contributed by atoms with van der Waals surface area (Å²) in [6, 6.07) is 22.1. The molecule has 1 fully saturated rings. The Labute approximate surface area is 343 Å². The van der Waals surface area contributed by atoms with Gasteiger partial charge in [-0.3, -0.25) is 15.0 Å². The number of aliphatic imine (C=N–C) groups is 1. The molecule has 0 bridgehead atoms. The fourth-order valence-electron chi connectivity index (χ4n) is 5.87. The molecule has 2 N–H and O–H groups in total. The third-order valence-electron chi connectivity index (χ3n) is 10.0. The fraction of sp³-hybridized carbons (Fsp3) is 0.357. The van der Waals surface area contributed by atoms with Gasteiger partial charge in [0.2, 0.25) is 0 Å². The lowest BCUT2D eigenvalue weighted by Crippen LogP contribution is -2.36. The number of ether oxygens (including phenoxy) is 1. The molecule has 12 heteroatoms. The van der Waals surface area contributed by atoms with Crippen molar-refractivity contribution in [3.63, 3.8) is 0 Å². The van der Waals surface area contributed by atoms with Crippen LogP contribution >= 0.6 is 58.2 Å². The number of hydrogen-bond donors (Lipinski definition) is 2. The number of aryl methyl sites for hydroxylation is 1. The Morgan fingerprint density at radius 3 is 2.22 bits per heavy atom. The summed E-state index contributed by atoms with van der Waals surface area (Å²) in [6.45, 7) is 17.1. The number of anilines is 2. The van der Waals surface area contributed by atoms with Gasteiger partial charge in [-0.15, -0.1) is 11.8 Å². The van der Waals surface area contributed by atoms with Crippen LogP contribution in [0.15, 0.2) is 82.7 Å². The highest BCUT2D eigenvalue weighted by Crippen LogP contribution is 2.42. The summed E-state index contributed by atoms with van der Waals surface area (Å²) in [6.07, 6.45) is 1.55. The van der Waals surface area contributed by atoms with E-state index < -0.39 is 11.4 Å². The highest BCUT2D eigenvalue weighted by Gasteiger charge is 2.41. The van der Waals surface area contributed by atoms with E-state index in [9.17, 15) is 9.59 Å². The molecule has 1 saturated heterocycles. The average Bonchev–Trinajstić information content (AvgIpc) is 3.41. The van der Waals surface area contributed by atoms with E-state index in [0.717, 1.165) is 24.0 Å². The lowest BCUT2D eigenvalue weighted by atomic mass is 9.76. The maximum Gasteiger partial charge on any atom is 0.267 e. The molecule has 286 valence electrons. The summed E-state index contributed by atoms with van der Waals surface area (Å²) < 4.78 is 6.55. The number of carbonyl (C=O) groups excluding carboxylic acids is 2. The number of thioether (sulfide) groups is 1. The first-order valence-corrected chi connectivity index (χ1v) is 20.4. The van der Waals surface area contributed by atoms with Gasteiger partial charge in [-0.1, -0.05) is 125 Å². The van der Waals surface area contributed by atoms with Crippen molar-refractivity contribution in [2.45, 2.75) is 102 Å². The SMILES string of the molecule is CCC(Oc1ccc(C(C)(C)CC)cc1C(C)(C)CC)C(=O)Nc1ccccc1SC1C(=O)N(c2c(Cl)cc(Cl)cc2Cl)NC1=Nc1cc(C)ccc1Cl. The van der Waals surface area contributed by atoms with Crippen LogP contribution < -0.4 is 20.5 Å². The second-order valence-corrected chi connectivity index (χ2v) is 17.4. The Morgan fingerprint density at radius 2 is 1.57 bits per heavy atom. The number of rotatable bonds is 13. The zero-order valence-electron chi connectivity index (χ0n) is 31.7. The predicted molar refractivity (Wildman–Crippen MR) is 228 cm³/mol. The number of nitrogens with one attached hydrogen (secondary N) is 2. The summed E-state index contributed by atoms with van der Waals surface area (Å²) in [5.41, 5.74) is 7.42. The fourth-order valence-corrected chi connectivity index (χ4v) is 8.10. The molecule has 0 saturated carbocycles. The Kier molecular flexibility index (Phi) is 13.3. The van der Waals surface area contributed by atoms with Crippen molar-refractivity contribution in [3.8, 4) is 5.75 Å². The maximum absolute atomic E-state index is 14.3. The van der Waals surface area contributed by atoms with Crippen LogP contribution in [-0.2, 0) is 20.4 Å². The molecule has 0 aliphatic carbocycles. The molecular weight excluding hydrogens is 782 g/mol. The number of hydrazine groups is 1. The summed E-state index contributed by atoms with van der Waals surface area (Å²) in [5.74, 6) is 0.308. The second-order valence-electron chi connectivity index (χ2n) is 14.6. The zero-order chi connectivity index (χ0) is 39.5.